The highest BCUT2D eigenvalue weighted by Gasteiger charge is 2.14. The molecule has 0 spiro atoms. The van der Waals surface area contributed by atoms with Gasteiger partial charge in [0, 0.05) is 5.69 Å². The molecule has 1 heterocycles. The Morgan fingerprint density at radius 3 is 2.37 bits per heavy atom. The molecule has 1 aromatic heterocycles. The Morgan fingerprint density at radius 2 is 1.74 bits per heavy atom. The van der Waals surface area contributed by atoms with Crippen molar-refractivity contribution in [2.75, 3.05) is 16.6 Å². The van der Waals surface area contributed by atoms with Crippen LogP contribution in [0.5, 0.6) is 5.75 Å². The molecule has 0 atom stereocenters. The van der Waals surface area contributed by atoms with Gasteiger partial charge in [0.1, 0.15) is 11.6 Å². The lowest BCUT2D eigenvalue weighted by atomic mass is 10.2. The number of aromatic nitrogens is 1. The maximum absolute atomic E-state index is 12.4. The molecule has 2 N–H and O–H groups in total. The maximum atomic E-state index is 12.4. The van der Waals surface area contributed by atoms with Crippen LogP contribution in [-0.4, -0.2) is 20.0 Å². The Kier molecular flexibility index (Phi) is 5.61. The third-order valence-electron chi connectivity index (χ3n) is 3.75. The number of nitrogens with zero attached hydrogens (tertiary/aromatic N) is 1. The fourth-order valence-corrected chi connectivity index (χ4v) is 3.62. The Morgan fingerprint density at radius 1 is 1.00 bits per heavy atom. The van der Waals surface area contributed by atoms with Crippen molar-refractivity contribution < 1.29 is 13.2 Å². The third kappa shape index (κ3) is 4.98. The van der Waals surface area contributed by atoms with Gasteiger partial charge in [0.2, 0.25) is 0 Å². The molecule has 3 rings (SSSR count). The van der Waals surface area contributed by atoms with Crippen LogP contribution in [-0.2, 0) is 10.0 Å². The lowest BCUT2D eigenvalue weighted by molar-refractivity contribution is 0.340. The second-order valence-electron chi connectivity index (χ2n) is 5.94. The first kappa shape index (κ1) is 18.7. The normalized spacial score (nSPS) is 11.0. The van der Waals surface area contributed by atoms with E-state index in [0.29, 0.717) is 18.1 Å². The predicted octanol–water partition coefficient (Wildman–Crippen LogP) is 4.33. The van der Waals surface area contributed by atoms with Crippen molar-refractivity contribution in [2.24, 2.45) is 0 Å². The van der Waals surface area contributed by atoms with Gasteiger partial charge in [0.15, 0.2) is 0 Å². The van der Waals surface area contributed by atoms with Crippen LogP contribution in [0.25, 0.3) is 0 Å². The van der Waals surface area contributed by atoms with Gasteiger partial charge in [-0.2, -0.15) is 0 Å². The Hall–Kier alpha value is -3.06. The van der Waals surface area contributed by atoms with E-state index in [4.69, 9.17) is 4.74 Å². The molecule has 0 fully saturated rings. The number of rotatable bonds is 7. The van der Waals surface area contributed by atoms with Gasteiger partial charge in [-0.3, -0.25) is 4.72 Å². The Balaban J connectivity index is 1.68. The molecule has 0 aliphatic rings. The molecule has 6 nitrogen and oxygen atoms in total. The van der Waals surface area contributed by atoms with Crippen molar-refractivity contribution in [2.45, 2.75) is 18.7 Å². The average molecular weight is 383 g/mol. The highest BCUT2D eigenvalue weighted by Crippen LogP contribution is 2.21. The quantitative estimate of drug-likeness (QED) is 0.635. The summed E-state index contributed by atoms with van der Waals surface area (Å²) in [6, 6.07) is 17.6. The standard InChI is InChI=1S/C20H21N3O3S/c1-3-26-18-10-7-16(8-11-18)22-20-12-9-17(14-21-20)23-27(24,25)19-6-4-5-15(2)13-19/h4-14,23H,3H2,1-2H3,(H,21,22). The number of hydrogen-bond acceptors (Lipinski definition) is 5. The van der Waals surface area contributed by atoms with Crippen LogP contribution in [0.4, 0.5) is 17.2 Å². The van der Waals surface area contributed by atoms with Gasteiger partial charge in [0.25, 0.3) is 10.0 Å². The van der Waals surface area contributed by atoms with Gasteiger partial charge in [-0.1, -0.05) is 12.1 Å². The van der Waals surface area contributed by atoms with E-state index in [0.717, 1.165) is 17.0 Å². The minimum absolute atomic E-state index is 0.221. The summed E-state index contributed by atoms with van der Waals surface area (Å²) in [4.78, 5) is 4.48. The molecule has 3 aromatic rings. The fourth-order valence-electron chi connectivity index (χ4n) is 2.47. The van der Waals surface area contributed by atoms with Gasteiger partial charge < -0.3 is 10.1 Å². The van der Waals surface area contributed by atoms with Gasteiger partial charge >= 0.3 is 0 Å². The van der Waals surface area contributed by atoms with Crippen molar-refractivity contribution in [1.29, 1.82) is 0 Å². The van der Waals surface area contributed by atoms with Gasteiger partial charge in [-0.25, -0.2) is 13.4 Å². The number of pyridine rings is 1. The zero-order chi connectivity index (χ0) is 19.3. The summed E-state index contributed by atoms with van der Waals surface area (Å²) < 4.78 is 32.8. The molecule has 27 heavy (non-hydrogen) atoms. The van der Waals surface area contributed by atoms with E-state index in [-0.39, 0.29) is 4.90 Å². The van der Waals surface area contributed by atoms with E-state index in [2.05, 4.69) is 15.0 Å². The minimum atomic E-state index is -3.64. The van der Waals surface area contributed by atoms with Gasteiger partial charge in [-0.05, 0) is 67.9 Å². The van der Waals surface area contributed by atoms with Crippen LogP contribution in [0.3, 0.4) is 0 Å². The highest BCUT2D eigenvalue weighted by atomic mass is 32.2. The summed E-state index contributed by atoms with van der Waals surface area (Å²) in [7, 11) is -3.64. The molecule has 0 aliphatic heterocycles. The van der Waals surface area contributed by atoms with E-state index in [1.807, 2.05) is 44.2 Å². The van der Waals surface area contributed by atoms with Crippen LogP contribution in [0.2, 0.25) is 0 Å². The number of sulfonamides is 1. The molecular formula is C20H21N3O3S. The Labute approximate surface area is 159 Å². The number of nitrogens with one attached hydrogen (secondary N) is 2. The molecule has 0 amide bonds. The summed E-state index contributed by atoms with van der Waals surface area (Å²) in [5, 5.41) is 3.16. The Bertz CT molecular complexity index is 1000. The molecule has 140 valence electrons. The van der Waals surface area contributed by atoms with E-state index < -0.39 is 10.0 Å². The lowest BCUT2D eigenvalue weighted by Gasteiger charge is -2.10. The molecule has 0 saturated heterocycles. The number of benzene rings is 2. The zero-order valence-electron chi connectivity index (χ0n) is 15.1. The highest BCUT2D eigenvalue weighted by molar-refractivity contribution is 7.92. The zero-order valence-corrected chi connectivity index (χ0v) is 16.0. The summed E-state index contributed by atoms with van der Waals surface area (Å²) in [5.41, 5.74) is 2.14. The lowest BCUT2D eigenvalue weighted by Crippen LogP contribution is -2.13. The number of hydrogen-bond donors (Lipinski definition) is 2. The van der Waals surface area contributed by atoms with Crippen molar-refractivity contribution in [3.8, 4) is 5.75 Å². The number of ether oxygens (including phenoxy) is 1. The largest absolute Gasteiger partial charge is 0.494 e. The monoisotopic (exact) mass is 383 g/mol. The number of aryl methyl sites for hydroxylation is 1. The number of anilines is 3. The molecule has 0 bridgehead atoms. The molecular weight excluding hydrogens is 362 g/mol. The smallest absolute Gasteiger partial charge is 0.261 e. The van der Waals surface area contributed by atoms with Crippen LogP contribution in [0.1, 0.15) is 12.5 Å². The fraction of sp³-hybridized carbons (Fsp3) is 0.150. The molecule has 7 heteroatoms. The van der Waals surface area contributed by atoms with Crippen molar-refractivity contribution >= 4 is 27.2 Å². The third-order valence-corrected chi connectivity index (χ3v) is 5.13. The van der Waals surface area contributed by atoms with Crippen LogP contribution in [0, 0.1) is 6.92 Å². The summed E-state index contributed by atoms with van der Waals surface area (Å²) in [6.45, 7) is 4.40. The van der Waals surface area contributed by atoms with E-state index >= 15 is 0 Å². The van der Waals surface area contributed by atoms with E-state index in [1.54, 1.807) is 30.3 Å². The van der Waals surface area contributed by atoms with Gasteiger partial charge in [-0.15, -0.1) is 0 Å². The van der Waals surface area contributed by atoms with Crippen LogP contribution in [0.15, 0.2) is 71.8 Å². The van der Waals surface area contributed by atoms with Crippen LogP contribution < -0.4 is 14.8 Å². The second-order valence-corrected chi connectivity index (χ2v) is 7.62. The summed E-state index contributed by atoms with van der Waals surface area (Å²) >= 11 is 0. The van der Waals surface area contributed by atoms with E-state index in [1.165, 1.54) is 6.20 Å². The first-order chi connectivity index (χ1) is 13.0. The SMILES string of the molecule is CCOc1ccc(Nc2ccc(NS(=O)(=O)c3cccc(C)c3)cn2)cc1. The molecule has 0 unspecified atom stereocenters. The summed E-state index contributed by atoms with van der Waals surface area (Å²) in [5.74, 6) is 1.41. The molecule has 0 aliphatic carbocycles. The maximum Gasteiger partial charge on any atom is 0.261 e. The topological polar surface area (TPSA) is 80.3 Å². The predicted molar refractivity (Wildman–Crippen MR) is 107 cm³/mol. The van der Waals surface area contributed by atoms with Crippen molar-refractivity contribution in [3.63, 3.8) is 0 Å². The average Bonchev–Trinajstić information content (AvgIpc) is 2.65. The van der Waals surface area contributed by atoms with Crippen LogP contribution >= 0.6 is 0 Å². The van der Waals surface area contributed by atoms with E-state index in [9.17, 15) is 8.42 Å². The molecule has 2 aromatic carbocycles. The van der Waals surface area contributed by atoms with Crippen molar-refractivity contribution in [1.82, 2.24) is 4.98 Å². The minimum Gasteiger partial charge on any atom is -0.494 e. The molecule has 0 saturated carbocycles. The van der Waals surface area contributed by atoms with Gasteiger partial charge in [0.05, 0.1) is 23.4 Å². The second kappa shape index (κ2) is 8.09. The van der Waals surface area contributed by atoms with Crippen molar-refractivity contribution in [3.05, 3.63) is 72.4 Å². The first-order valence-electron chi connectivity index (χ1n) is 8.52. The summed E-state index contributed by atoms with van der Waals surface area (Å²) in [6.07, 6.45) is 1.48. The first-order valence-corrected chi connectivity index (χ1v) is 10.00. The molecule has 0 radical (unpaired) electrons.